The Labute approximate surface area is 51.9 Å². The molecular weight excluding hydrogens is 96.1 g/mol. The van der Waals surface area contributed by atoms with Crippen LogP contribution in [0.1, 0.15) is 27.2 Å². The first kappa shape index (κ1) is 7.48. The van der Waals surface area contributed by atoms with Crippen LogP contribution in [0.5, 0.6) is 0 Å². The molecule has 0 atom stereocenters. The third kappa shape index (κ3) is 5.48. The van der Waals surface area contributed by atoms with Crippen LogP contribution in [0, 0.1) is 0 Å². The minimum Gasteiger partial charge on any atom is -0.0914 e. The lowest BCUT2D eigenvalue weighted by Crippen LogP contribution is -1.61. The first-order chi connectivity index (χ1) is 3.77. The van der Waals surface area contributed by atoms with E-state index in [0.717, 1.165) is 6.42 Å². The van der Waals surface area contributed by atoms with Crippen molar-refractivity contribution >= 4 is 0 Å². The van der Waals surface area contributed by atoms with Gasteiger partial charge in [-0.3, -0.25) is 0 Å². The average molecular weight is 110 g/mol. The van der Waals surface area contributed by atoms with E-state index in [9.17, 15) is 0 Å². The van der Waals surface area contributed by atoms with Crippen LogP contribution in [-0.2, 0) is 0 Å². The Morgan fingerprint density at radius 3 is 2.38 bits per heavy atom. The highest BCUT2D eigenvalue weighted by molar-refractivity contribution is 4.98. The third-order valence-electron chi connectivity index (χ3n) is 0.898. The second-order valence-electron chi connectivity index (χ2n) is 2.09. The van der Waals surface area contributed by atoms with E-state index in [2.05, 4.69) is 32.1 Å². The van der Waals surface area contributed by atoms with E-state index >= 15 is 0 Å². The lowest BCUT2D eigenvalue weighted by atomic mass is 10.2. The van der Waals surface area contributed by atoms with Gasteiger partial charge in [0.1, 0.15) is 0 Å². The van der Waals surface area contributed by atoms with Crippen LogP contribution in [0.4, 0.5) is 0 Å². The Bertz CT molecular complexity index is 92.6. The van der Waals surface area contributed by atoms with E-state index in [1.165, 1.54) is 5.57 Å². The molecule has 46 valence electrons. The van der Waals surface area contributed by atoms with E-state index in [0.29, 0.717) is 0 Å². The molecule has 0 nitrogen and oxygen atoms in total. The summed E-state index contributed by atoms with van der Waals surface area (Å²) in [6.45, 7) is 6.27. The molecule has 0 rings (SSSR count). The first-order valence-electron chi connectivity index (χ1n) is 3.02. The maximum absolute atomic E-state index is 2.21. The molecule has 0 heterocycles. The maximum atomic E-state index is 2.21. The van der Waals surface area contributed by atoms with Crippen LogP contribution in [0.3, 0.4) is 0 Å². The summed E-state index contributed by atoms with van der Waals surface area (Å²) in [5.74, 6) is 0. The summed E-state index contributed by atoms with van der Waals surface area (Å²) >= 11 is 0. The van der Waals surface area contributed by atoms with Crippen LogP contribution in [0.25, 0.3) is 0 Å². The van der Waals surface area contributed by atoms with Gasteiger partial charge in [0, 0.05) is 0 Å². The molecule has 0 heteroatoms. The summed E-state index contributed by atoms with van der Waals surface area (Å²) in [5.41, 5.74) is 1.39. The van der Waals surface area contributed by atoms with Gasteiger partial charge in [-0.1, -0.05) is 23.8 Å². The second-order valence-corrected chi connectivity index (χ2v) is 2.09. The summed E-state index contributed by atoms with van der Waals surface area (Å²) in [4.78, 5) is 0. The molecule has 0 aromatic carbocycles. The van der Waals surface area contributed by atoms with E-state index in [4.69, 9.17) is 0 Å². The minimum absolute atomic E-state index is 1.08. The van der Waals surface area contributed by atoms with Crippen molar-refractivity contribution in [3.05, 3.63) is 23.8 Å². The van der Waals surface area contributed by atoms with Crippen molar-refractivity contribution in [2.75, 3.05) is 0 Å². The summed E-state index contributed by atoms with van der Waals surface area (Å²) in [5, 5.41) is 0. The van der Waals surface area contributed by atoms with Crippen LogP contribution in [0.15, 0.2) is 23.8 Å². The molecule has 0 aromatic rings. The van der Waals surface area contributed by atoms with Gasteiger partial charge in [0.25, 0.3) is 0 Å². The number of rotatable bonds is 2. The average Bonchev–Trinajstić information content (AvgIpc) is 1.66. The van der Waals surface area contributed by atoms with Gasteiger partial charge >= 0.3 is 0 Å². The van der Waals surface area contributed by atoms with Gasteiger partial charge in [0.15, 0.2) is 0 Å². The molecule has 0 amide bonds. The molecule has 0 aliphatic heterocycles. The summed E-state index contributed by atoms with van der Waals surface area (Å²) in [7, 11) is 0. The van der Waals surface area contributed by atoms with Gasteiger partial charge in [-0.25, -0.2) is 0 Å². The van der Waals surface area contributed by atoms with Crippen LogP contribution >= 0.6 is 0 Å². The quantitative estimate of drug-likeness (QED) is 0.479. The zero-order valence-corrected chi connectivity index (χ0v) is 5.94. The van der Waals surface area contributed by atoms with Crippen molar-refractivity contribution < 1.29 is 0 Å². The number of hydrogen-bond acceptors (Lipinski definition) is 0. The number of hydrogen-bond donors (Lipinski definition) is 0. The van der Waals surface area contributed by atoms with Crippen LogP contribution < -0.4 is 0 Å². The lowest BCUT2D eigenvalue weighted by molar-refractivity contribution is 1.27. The second kappa shape index (κ2) is 4.63. The van der Waals surface area contributed by atoms with Gasteiger partial charge in [0.2, 0.25) is 0 Å². The standard InChI is InChI=1S/C8H14/c1-4-5-6-7-8(2)3/h4-5,7H,6H2,1-3H3/b5-4+. The Morgan fingerprint density at radius 1 is 1.38 bits per heavy atom. The van der Waals surface area contributed by atoms with Gasteiger partial charge in [-0.2, -0.15) is 0 Å². The van der Waals surface area contributed by atoms with Gasteiger partial charge in [0.05, 0.1) is 0 Å². The Kier molecular flexibility index (Phi) is 4.33. The summed E-state index contributed by atoms with van der Waals surface area (Å²) in [6.07, 6.45) is 7.51. The summed E-state index contributed by atoms with van der Waals surface area (Å²) in [6, 6.07) is 0. The van der Waals surface area contributed by atoms with Crippen molar-refractivity contribution in [3.8, 4) is 0 Å². The van der Waals surface area contributed by atoms with Crippen molar-refractivity contribution in [2.45, 2.75) is 27.2 Å². The smallest absolute Gasteiger partial charge is 0.0167 e. The molecule has 0 aromatic heterocycles. The molecule has 0 aliphatic carbocycles. The molecule has 0 N–H and O–H groups in total. The van der Waals surface area contributed by atoms with E-state index in [1.807, 2.05) is 6.92 Å². The van der Waals surface area contributed by atoms with Gasteiger partial charge in [-0.05, 0) is 27.2 Å². The van der Waals surface area contributed by atoms with Gasteiger partial charge in [-0.15, -0.1) is 0 Å². The Balaban J connectivity index is 3.30. The Hall–Kier alpha value is -0.520. The fraction of sp³-hybridized carbons (Fsp3) is 0.500. The molecule has 0 spiro atoms. The summed E-state index contributed by atoms with van der Waals surface area (Å²) < 4.78 is 0. The molecule has 0 unspecified atom stereocenters. The number of allylic oxidation sites excluding steroid dienone is 4. The molecule has 0 fully saturated rings. The maximum Gasteiger partial charge on any atom is -0.0167 e. The predicted octanol–water partition coefficient (Wildman–Crippen LogP) is 2.92. The normalized spacial score (nSPS) is 9.88. The first-order valence-corrected chi connectivity index (χ1v) is 3.02. The predicted molar refractivity (Wildman–Crippen MR) is 38.9 cm³/mol. The minimum atomic E-state index is 1.08. The van der Waals surface area contributed by atoms with Crippen molar-refractivity contribution in [1.29, 1.82) is 0 Å². The molecule has 0 bridgehead atoms. The fourth-order valence-corrected chi connectivity index (χ4v) is 0.440. The zero-order valence-electron chi connectivity index (χ0n) is 5.94. The van der Waals surface area contributed by atoms with Gasteiger partial charge < -0.3 is 0 Å². The van der Waals surface area contributed by atoms with Crippen LogP contribution in [-0.4, -0.2) is 0 Å². The highest BCUT2D eigenvalue weighted by Gasteiger charge is 1.71. The third-order valence-corrected chi connectivity index (χ3v) is 0.898. The van der Waals surface area contributed by atoms with Crippen molar-refractivity contribution in [1.82, 2.24) is 0 Å². The van der Waals surface area contributed by atoms with E-state index in [-0.39, 0.29) is 0 Å². The SMILES string of the molecule is C/C=C/CC=C(C)C. The molecule has 8 heavy (non-hydrogen) atoms. The van der Waals surface area contributed by atoms with Crippen molar-refractivity contribution in [3.63, 3.8) is 0 Å². The van der Waals surface area contributed by atoms with Crippen LogP contribution in [0.2, 0.25) is 0 Å². The molecule has 0 saturated heterocycles. The molecule has 0 aliphatic rings. The highest BCUT2D eigenvalue weighted by Crippen LogP contribution is 1.92. The van der Waals surface area contributed by atoms with E-state index < -0.39 is 0 Å². The van der Waals surface area contributed by atoms with Crippen molar-refractivity contribution in [2.24, 2.45) is 0 Å². The van der Waals surface area contributed by atoms with E-state index in [1.54, 1.807) is 0 Å². The monoisotopic (exact) mass is 110 g/mol. The fourth-order valence-electron chi connectivity index (χ4n) is 0.440. The highest BCUT2D eigenvalue weighted by atomic mass is 13.8. The largest absolute Gasteiger partial charge is 0.0914 e. The molecular formula is C8H14. The lowest BCUT2D eigenvalue weighted by Gasteiger charge is -1.83. The zero-order chi connectivity index (χ0) is 6.41. The molecule has 0 saturated carbocycles. The molecule has 0 radical (unpaired) electrons. The topological polar surface area (TPSA) is 0 Å². The Morgan fingerprint density at radius 2 is 2.00 bits per heavy atom.